The Balaban J connectivity index is 2.65. The molecule has 0 aliphatic heterocycles. The lowest BCUT2D eigenvalue weighted by Gasteiger charge is -1.98. The predicted octanol–water partition coefficient (Wildman–Crippen LogP) is 2.09. The van der Waals surface area contributed by atoms with Gasteiger partial charge in [0, 0.05) is 0 Å². The molecule has 0 unspecified atom stereocenters. The van der Waals surface area contributed by atoms with Gasteiger partial charge in [0.05, 0.1) is 0 Å². The van der Waals surface area contributed by atoms with Crippen LogP contribution < -0.4 is 5.73 Å². The van der Waals surface area contributed by atoms with Crippen LogP contribution in [0.1, 0.15) is 12.5 Å². The summed E-state index contributed by atoms with van der Waals surface area (Å²) in [7, 11) is 0. The van der Waals surface area contributed by atoms with Crippen molar-refractivity contribution in [2.45, 2.75) is 13.3 Å². The molecule has 0 aliphatic rings. The van der Waals surface area contributed by atoms with Gasteiger partial charge in [-0.25, -0.2) is 0 Å². The maximum atomic E-state index is 5.36. The van der Waals surface area contributed by atoms with E-state index in [2.05, 4.69) is 12.1 Å². The zero-order valence-electron chi connectivity index (χ0n) is 6.75. The van der Waals surface area contributed by atoms with Crippen molar-refractivity contribution in [2.75, 3.05) is 0 Å². The third kappa shape index (κ3) is 2.46. The lowest BCUT2D eigenvalue weighted by Crippen LogP contribution is -1.89. The number of hydrogen-bond acceptors (Lipinski definition) is 1. The van der Waals surface area contributed by atoms with Crippen molar-refractivity contribution in [3.05, 3.63) is 47.7 Å². The molecule has 1 aromatic rings. The summed E-state index contributed by atoms with van der Waals surface area (Å²) in [6.45, 7) is 2.03. The highest BCUT2D eigenvalue weighted by atomic mass is 14.5. The summed E-state index contributed by atoms with van der Waals surface area (Å²) < 4.78 is 0. The van der Waals surface area contributed by atoms with Gasteiger partial charge in [0.25, 0.3) is 0 Å². The van der Waals surface area contributed by atoms with E-state index in [1.165, 1.54) is 11.1 Å². The Morgan fingerprint density at radius 3 is 2.55 bits per heavy atom. The van der Waals surface area contributed by atoms with E-state index in [4.69, 9.17) is 5.73 Å². The Hall–Kier alpha value is -1.24. The quantitative estimate of drug-likeness (QED) is 0.681. The molecule has 1 nitrogen and oxygen atoms in total. The fourth-order valence-corrected chi connectivity index (χ4v) is 0.977. The summed E-state index contributed by atoms with van der Waals surface area (Å²) >= 11 is 0. The zero-order valence-corrected chi connectivity index (χ0v) is 6.75. The highest BCUT2D eigenvalue weighted by molar-refractivity contribution is 5.20. The molecule has 1 aromatic carbocycles. The Labute approximate surface area is 67.5 Å². The van der Waals surface area contributed by atoms with Gasteiger partial charge < -0.3 is 5.73 Å². The van der Waals surface area contributed by atoms with Gasteiger partial charge in [-0.1, -0.05) is 35.9 Å². The van der Waals surface area contributed by atoms with E-state index in [0.29, 0.717) is 0 Å². The smallest absolute Gasteiger partial charge is 0.00527 e. The average Bonchev–Trinajstić information content (AvgIpc) is 2.06. The van der Waals surface area contributed by atoms with Gasteiger partial charge in [-0.3, -0.25) is 0 Å². The highest BCUT2D eigenvalue weighted by Crippen LogP contribution is 2.05. The minimum absolute atomic E-state index is 0.956. The van der Waals surface area contributed by atoms with Crippen molar-refractivity contribution in [3.63, 3.8) is 0 Å². The molecule has 0 fully saturated rings. The van der Waals surface area contributed by atoms with Crippen LogP contribution in [0.3, 0.4) is 0 Å². The normalized spacial score (nSPS) is 11.5. The lowest BCUT2D eigenvalue weighted by atomic mass is 10.1. The largest absolute Gasteiger partial charge is 0.405 e. The van der Waals surface area contributed by atoms with E-state index in [1.807, 2.05) is 25.1 Å². The van der Waals surface area contributed by atoms with E-state index in [9.17, 15) is 0 Å². The average molecular weight is 147 g/mol. The van der Waals surface area contributed by atoms with Crippen molar-refractivity contribution in [1.82, 2.24) is 0 Å². The van der Waals surface area contributed by atoms with Gasteiger partial charge in [0.2, 0.25) is 0 Å². The predicted molar refractivity (Wildman–Crippen MR) is 48.1 cm³/mol. The van der Waals surface area contributed by atoms with Crippen LogP contribution in [-0.2, 0) is 6.42 Å². The van der Waals surface area contributed by atoms with Crippen LogP contribution in [0.2, 0.25) is 0 Å². The summed E-state index contributed by atoms with van der Waals surface area (Å²) in [6.07, 6.45) is 2.62. The molecule has 0 bridgehead atoms. The molecule has 11 heavy (non-hydrogen) atoms. The number of allylic oxidation sites excluding steroid dienone is 1. The summed E-state index contributed by atoms with van der Waals surface area (Å²) in [5.41, 5.74) is 7.87. The van der Waals surface area contributed by atoms with Crippen LogP contribution in [0.4, 0.5) is 0 Å². The van der Waals surface area contributed by atoms with Crippen LogP contribution in [-0.4, -0.2) is 0 Å². The molecule has 0 aromatic heterocycles. The highest BCUT2D eigenvalue weighted by Gasteiger charge is 1.90. The summed E-state index contributed by atoms with van der Waals surface area (Å²) in [5.74, 6) is 0. The molecular formula is C10H13N. The first kappa shape index (κ1) is 7.86. The van der Waals surface area contributed by atoms with Crippen molar-refractivity contribution in [2.24, 2.45) is 5.73 Å². The maximum absolute atomic E-state index is 5.36. The number of benzene rings is 1. The summed E-state index contributed by atoms with van der Waals surface area (Å²) in [6, 6.07) is 10.3. The second-order valence-corrected chi connectivity index (χ2v) is 2.68. The van der Waals surface area contributed by atoms with Crippen molar-refractivity contribution >= 4 is 0 Å². The fourth-order valence-electron chi connectivity index (χ4n) is 0.977. The van der Waals surface area contributed by atoms with Crippen molar-refractivity contribution in [3.8, 4) is 0 Å². The molecule has 0 saturated carbocycles. The second kappa shape index (κ2) is 3.81. The molecule has 2 N–H and O–H groups in total. The first-order valence-electron chi connectivity index (χ1n) is 3.74. The van der Waals surface area contributed by atoms with Gasteiger partial charge in [-0.2, -0.15) is 0 Å². The molecular weight excluding hydrogens is 134 g/mol. The molecule has 58 valence electrons. The molecule has 0 heterocycles. The first-order valence-corrected chi connectivity index (χ1v) is 3.74. The van der Waals surface area contributed by atoms with Crippen molar-refractivity contribution < 1.29 is 0 Å². The van der Waals surface area contributed by atoms with Crippen LogP contribution >= 0.6 is 0 Å². The molecule has 1 heteroatoms. The van der Waals surface area contributed by atoms with E-state index in [0.717, 1.165) is 6.42 Å². The molecule has 0 saturated heterocycles. The minimum atomic E-state index is 0.956. The number of hydrogen-bond donors (Lipinski definition) is 1. The second-order valence-electron chi connectivity index (χ2n) is 2.68. The van der Waals surface area contributed by atoms with Gasteiger partial charge in [0.15, 0.2) is 0 Å². The van der Waals surface area contributed by atoms with Crippen LogP contribution in [0.25, 0.3) is 0 Å². The van der Waals surface area contributed by atoms with E-state index in [-0.39, 0.29) is 0 Å². The Morgan fingerprint density at radius 1 is 1.36 bits per heavy atom. The fraction of sp³-hybridized carbons (Fsp3) is 0.200. The van der Waals surface area contributed by atoms with Crippen LogP contribution in [0, 0.1) is 0 Å². The molecule has 0 aliphatic carbocycles. The maximum Gasteiger partial charge on any atom is -0.00527 e. The van der Waals surface area contributed by atoms with E-state index in [1.54, 1.807) is 6.20 Å². The Kier molecular flexibility index (Phi) is 2.73. The molecule has 0 radical (unpaired) electrons. The number of rotatable bonds is 2. The molecule has 0 atom stereocenters. The topological polar surface area (TPSA) is 26.0 Å². The Morgan fingerprint density at radius 2 is 2.00 bits per heavy atom. The zero-order chi connectivity index (χ0) is 8.10. The SMILES string of the molecule is CC(=CN)Cc1ccccc1. The van der Waals surface area contributed by atoms with Crippen molar-refractivity contribution in [1.29, 1.82) is 0 Å². The monoisotopic (exact) mass is 147 g/mol. The van der Waals surface area contributed by atoms with Gasteiger partial charge in [-0.15, -0.1) is 0 Å². The molecule has 1 rings (SSSR count). The third-order valence-corrected chi connectivity index (χ3v) is 1.61. The lowest BCUT2D eigenvalue weighted by molar-refractivity contribution is 1.13. The summed E-state index contributed by atoms with van der Waals surface area (Å²) in [5, 5.41) is 0. The van der Waals surface area contributed by atoms with Gasteiger partial charge in [-0.05, 0) is 25.1 Å². The first-order chi connectivity index (χ1) is 5.33. The molecule has 0 amide bonds. The van der Waals surface area contributed by atoms with Crippen LogP contribution in [0.15, 0.2) is 42.1 Å². The van der Waals surface area contributed by atoms with Crippen LogP contribution in [0.5, 0.6) is 0 Å². The third-order valence-electron chi connectivity index (χ3n) is 1.61. The molecule has 0 spiro atoms. The van der Waals surface area contributed by atoms with Gasteiger partial charge in [0.1, 0.15) is 0 Å². The van der Waals surface area contributed by atoms with E-state index >= 15 is 0 Å². The minimum Gasteiger partial charge on any atom is -0.405 e. The van der Waals surface area contributed by atoms with Gasteiger partial charge >= 0.3 is 0 Å². The number of nitrogens with two attached hydrogens (primary N) is 1. The summed E-state index contributed by atoms with van der Waals surface area (Å²) in [4.78, 5) is 0. The standard InChI is InChI=1S/C10H13N/c1-9(8-11)7-10-5-3-2-4-6-10/h2-6,8H,7,11H2,1H3. The van der Waals surface area contributed by atoms with E-state index < -0.39 is 0 Å². The Bertz CT molecular complexity index is 236.